The number of hydrogen-bond acceptors (Lipinski definition) is 3. The second-order valence-electron chi connectivity index (χ2n) is 5.82. The molecule has 1 heterocycles. The van der Waals surface area contributed by atoms with Crippen molar-refractivity contribution >= 4 is 23.2 Å². The highest BCUT2D eigenvalue weighted by atomic mass is 35.5. The van der Waals surface area contributed by atoms with Gasteiger partial charge in [0.1, 0.15) is 0 Å². The summed E-state index contributed by atoms with van der Waals surface area (Å²) in [4.78, 5) is 16.7. The summed E-state index contributed by atoms with van der Waals surface area (Å²) in [6.07, 6.45) is 0. The van der Waals surface area contributed by atoms with Crippen molar-refractivity contribution in [2.75, 3.05) is 31.9 Å². The first kappa shape index (κ1) is 15.8. The lowest BCUT2D eigenvalue weighted by Gasteiger charge is -2.34. The van der Waals surface area contributed by atoms with Gasteiger partial charge in [-0.25, -0.2) is 0 Å². The number of piperazine rings is 1. The zero-order valence-corrected chi connectivity index (χ0v) is 13.7. The van der Waals surface area contributed by atoms with Crippen molar-refractivity contribution in [3.63, 3.8) is 0 Å². The van der Waals surface area contributed by atoms with Gasteiger partial charge in [-0.1, -0.05) is 23.7 Å². The molecule has 0 aliphatic carbocycles. The van der Waals surface area contributed by atoms with Gasteiger partial charge in [-0.15, -0.1) is 0 Å². The first-order chi connectivity index (χ1) is 11.1. The lowest BCUT2D eigenvalue weighted by Crippen LogP contribution is -2.48. The molecule has 1 fully saturated rings. The van der Waals surface area contributed by atoms with E-state index in [0.29, 0.717) is 10.6 Å². The summed E-state index contributed by atoms with van der Waals surface area (Å²) in [5.41, 5.74) is 8.44. The van der Waals surface area contributed by atoms with Gasteiger partial charge in [-0.05, 0) is 42.0 Å². The van der Waals surface area contributed by atoms with E-state index < -0.39 is 0 Å². The molecule has 0 bridgehead atoms. The van der Waals surface area contributed by atoms with Crippen LogP contribution in [-0.2, 0) is 6.54 Å². The minimum atomic E-state index is 0.0776. The van der Waals surface area contributed by atoms with E-state index in [4.69, 9.17) is 17.3 Å². The normalized spacial score (nSPS) is 15.6. The monoisotopic (exact) mass is 329 g/mol. The molecular weight excluding hydrogens is 310 g/mol. The molecule has 0 aromatic heterocycles. The van der Waals surface area contributed by atoms with Crippen LogP contribution in [0.3, 0.4) is 0 Å². The molecule has 2 aromatic rings. The maximum absolute atomic E-state index is 12.5. The molecule has 0 spiro atoms. The Morgan fingerprint density at radius 2 is 1.57 bits per heavy atom. The average molecular weight is 330 g/mol. The molecule has 2 N–H and O–H groups in total. The highest BCUT2D eigenvalue weighted by Crippen LogP contribution is 2.15. The zero-order valence-electron chi connectivity index (χ0n) is 12.9. The van der Waals surface area contributed by atoms with Gasteiger partial charge in [0, 0.05) is 49.0 Å². The predicted octanol–water partition coefficient (Wildman–Crippen LogP) is 2.88. The molecule has 0 atom stereocenters. The van der Waals surface area contributed by atoms with Crippen molar-refractivity contribution in [3.8, 4) is 0 Å². The summed E-state index contributed by atoms with van der Waals surface area (Å²) >= 11 is 5.87. The third-order valence-electron chi connectivity index (χ3n) is 4.14. The zero-order chi connectivity index (χ0) is 16.2. The Hall–Kier alpha value is -2.04. The third kappa shape index (κ3) is 4.03. The van der Waals surface area contributed by atoms with E-state index in [9.17, 15) is 4.79 Å². The van der Waals surface area contributed by atoms with Crippen molar-refractivity contribution < 1.29 is 4.79 Å². The van der Waals surface area contributed by atoms with Crippen molar-refractivity contribution in [3.05, 3.63) is 64.7 Å². The van der Waals surface area contributed by atoms with Crippen LogP contribution in [0.25, 0.3) is 0 Å². The fraction of sp³-hybridized carbons (Fsp3) is 0.278. The highest BCUT2D eigenvalue weighted by molar-refractivity contribution is 6.30. The smallest absolute Gasteiger partial charge is 0.253 e. The predicted molar refractivity (Wildman–Crippen MR) is 93.5 cm³/mol. The van der Waals surface area contributed by atoms with Crippen LogP contribution < -0.4 is 5.73 Å². The van der Waals surface area contributed by atoms with E-state index >= 15 is 0 Å². The van der Waals surface area contributed by atoms with Gasteiger partial charge in [-0.3, -0.25) is 9.69 Å². The van der Waals surface area contributed by atoms with Gasteiger partial charge in [0.05, 0.1) is 0 Å². The Labute approximate surface area is 141 Å². The van der Waals surface area contributed by atoms with Gasteiger partial charge in [0.25, 0.3) is 5.91 Å². The van der Waals surface area contributed by atoms with Crippen LogP contribution in [0.1, 0.15) is 15.9 Å². The van der Waals surface area contributed by atoms with Crippen molar-refractivity contribution in [1.82, 2.24) is 9.80 Å². The second kappa shape index (κ2) is 7.02. The number of nitrogens with two attached hydrogens (primary N) is 1. The van der Waals surface area contributed by atoms with Gasteiger partial charge >= 0.3 is 0 Å². The number of carbonyl (C=O) groups is 1. The van der Waals surface area contributed by atoms with Gasteiger partial charge in [-0.2, -0.15) is 0 Å². The number of nitrogens with zero attached hydrogens (tertiary/aromatic N) is 2. The Balaban J connectivity index is 1.54. The van der Waals surface area contributed by atoms with Crippen LogP contribution in [0.4, 0.5) is 5.69 Å². The minimum absolute atomic E-state index is 0.0776. The number of anilines is 1. The van der Waals surface area contributed by atoms with E-state index in [1.165, 1.54) is 5.56 Å². The minimum Gasteiger partial charge on any atom is -0.399 e. The molecule has 4 nitrogen and oxygen atoms in total. The Morgan fingerprint density at radius 1 is 0.957 bits per heavy atom. The lowest BCUT2D eigenvalue weighted by molar-refractivity contribution is 0.0628. The molecule has 0 saturated carbocycles. The van der Waals surface area contributed by atoms with E-state index in [2.05, 4.69) is 17.0 Å². The molecule has 1 saturated heterocycles. The maximum Gasteiger partial charge on any atom is 0.253 e. The molecule has 5 heteroatoms. The van der Waals surface area contributed by atoms with Crippen LogP contribution in [0, 0.1) is 0 Å². The molecule has 3 rings (SSSR count). The third-order valence-corrected chi connectivity index (χ3v) is 4.39. The molecule has 23 heavy (non-hydrogen) atoms. The molecule has 1 amide bonds. The van der Waals surface area contributed by atoms with E-state index in [0.717, 1.165) is 38.4 Å². The SMILES string of the molecule is Nc1ccc(CN2CCN(C(=O)c3ccc(Cl)cc3)CC2)cc1. The van der Waals surface area contributed by atoms with Crippen LogP contribution in [0.2, 0.25) is 5.02 Å². The number of amides is 1. The Kier molecular flexibility index (Phi) is 4.84. The quantitative estimate of drug-likeness (QED) is 0.881. The van der Waals surface area contributed by atoms with Crippen molar-refractivity contribution in [2.24, 2.45) is 0 Å². The fourth-order valence-electron chi connectivity index (χ4n) is 2.77. The van der Waals surface area contributed by atoms with Crippen molar-refractivity contribution in [1.29, 1.82) is 0 Å². The Bertz CT molecular complexity index is 662. The number of rotatable bonds is 3. The molecule has 2 aromatic carbocycles. The molecule has 120 valence electrons. The Morgan fingerprint density at radius 3 is 2.17 bits per heavy atom. The van der Waals surface area contributed by atoms with Crippen LogP contribution in [0.15, 0.2) is 48.5 Å². The molecule has 0 radical (unpaired) electrons. The molecule has 0 unspecified atom stereocenters. The second-order valence-corrected chi connectivity index (χ2v) is 6.25. The highest BCUT2D eigenvalue weighted by Gasteiger charge is 2.22. The average Bonchev–Trinajstić information content (AvgIpc) is 2.58. The van der Waals surface area contributed by atoms with Crippen molar-refractivity contribution in [2.45, 2.75) is 6.54 Å². The first-order valence-electron chi connectivity index (χ1n) is 7.73. The summed E-state index contributed by atoms with van der Waals surface area (Å²) < 4.78 is 0. The van der Waals surface area contributed by atoms with Crippen LogP contribution >= 0.6 is 11.6 Å². The first-order valence-corrected chi connectivity index (χ1v) is 8.11. The maximum atomic E-state index is 12.5. The number of benzene rings is 2. The number of nitrogen functional groups attached to an aromatic ring is 1. The van der Waals surface area contributed by atoms with Crippen LogP contribution in [0.5, 0.6) is 0 Å². The van der Waals surface area contributed by atoms with E-state index in [-0.39, 0.29) is 5.91 Å². The fourth-order valence-corrected chi connectivity index (χ4v) is 2.89. The molecular formula is C18H20ClN3O. The van der Waals surface area contributed by atoms with Gasteiger partial charge < -0.3 is 10.6 Å². The standard InChI is InChI=1S/C18H20ClN3O/c19-16-5-3-15(4-6-16)18(23)22-11-9-21(10-12-22)13-14-1-7-17(20)8-2-14/h1-8H,9-13,20H2. The number of halogens is 1. The number of hydrogen-bond donors (Lipinski definition) is 1. The van der Waals surface area contributed by atoms with Gasteiger partial charge in [0.2, 0.25) is 0 Å². The summed E-state index contributed by atoms with van der Waals surface area (Å²) in [6.45, 7) is 4.14. The largest absolute Gasteiger partial charge is 0.399 e. The molecule has 1 aliphatic rings. The summed E-state index contributed by atoms with van der Waals surface area (Å²) in [5.74, 6) is 0.0776. The number of carbonyl (C=O) groups excluding carboxylic acids is 1. The lowest BCUT2D eigenvalue weighted by atomic mass is 10.1. The van der Waals surface area contributed by atoms with E-state index in [1.54, 1.807) is 24.3 Å². The summed E-state index contributed by atoms with van der Waals surface area (Å²) in [5, 5.41) is 0.648. The van der Waals surface area contributed by atoms with E-state index in [1.807, 2.05) is 17.0 Å². The summed E-state index contributed by atoms with van der Waals surface area (Å²) in [6, 6.07) is 15.0. The van der Waals surface area contributed by atoms with Gasteiger partial charge in [0.15, 0.2) is 0 Å². The topological polar surface area (TPSA) is 49.6 Å². The summed E-state index contributed by atoms with van der Waals surface area (Å²) in [7, 11) is 0. The molecule has 1 aliphatic heterocycles. The van der Waals surface area contributed by atoms with Crippen LogP contribution in [-0.4, -0.2) is 41.9 Å².